The first kappa shape index (κ1) is 17.0. The van der Waals surface area contributed by atoms with E-state index in [9.17, 15) is 9.59 Å². The van der Waals surface area contributed by atoms with Crippen LogP contribution in [0.3, 0.4) is 0 Å². The van der Waals surface area contributed by atoms with Crippen molar-refractivity contribution >= 4 is 29.1 Å². The summed E-state index contributed by atoms with van der Waals surface area (Å²) in [7, 11) is 0. The minimum atomic E-state index is -0.612. The molecule has 1 unspecified atom stereocenters. The molecule has 0 spiro atoms. The predicted molar refractivity (Wildman–Crippen MR) is 97.4 cm³/mol. The number of hydrogen-bond acceptors (Lipinski definition) is 4. The average molecular weight is 374 g/mol. The van der Waals surface area contributed by atoms with Crippen LogP contribution in [0.1, 0.15) is 54.4 Å². The zero-order valence-electron chi connectivity index (χ0n) is 14.2. The highest BCUT2D eigenvalue weighted by Crippen LogP contribution is 2.34. The first-order valence-electron chi connectivity index (χ1n) is 8.87. The minimum Gasteiger partial charge on any atom is -0.465 e. The number of halogens is 1. The van der Waals surface area contributed by atoms with Gasteiger partial charge in [-0.15, -0.1) is 0 Å². The van der Waals surface area contributed by atoms with E-state index in [0.717, 1.165) is 32.1 Å². The SMILES string of the molecule is O=C(NN1C(=O)c2cc(Cl)ccc2NC1c1ccco1)C1CCCCC1. The molecule has 1 aliphatic carbocycles. The quantitative estimate of drug-likeness (QED) is 0.849. The van der Waals surface area contributed by atoms with E-state index in [-0.39, 0.29) is 17.7 Å². The molecule has 1 aromatic heterocycles. The normalized spacial score (nSPS) is 20.4. The molecule has 2 amide bonds. The lowest BCUT2D eigenvalue weighted by molar-refractivity contribution is -0.130. The molecule has 1 fully saturated rings. The molecule has 136 valence electrons. The van der Waals surface area contributed by atoms with Crippen LogP contribution in [0.2, 0.25) is 5.02 Å². The number of hydrazine groups is 1. The van der Waals surface area contributed by atoms with Gasteiger partial charge in [0.05, 0.1) is 11.8 Å². The molecule has 0 bridgehead atoms. The van der Waals surface area contributed by atoms with E-state index < -0.39 is 6.17 Å². The van der Waals surface area contributed by atoms with Gasteiger partial charge in [-0.25, -0.2) is 5.01 Å². The average Bonchev–Trinajstić information content (AvgIpc) is 3.19. The fourth-order valence-electron chi connectivity index (χ4n) is 3.61. The zero-order chi connectivity index (χ0) is 18.1. The standard InChI is InChI=1S/C19H20ClN3O3/c20-13-8-9-15-14(11-13)19(25)23(17(21-15)16-7-4-10-26-16)22-18(24)12-5-2-1-3-6-12/h4,7-12,17,21H,1-3,5-6H2,(H,22,24). The topological polar surface area (TPSA) is 74.6 Å². The number of furan rings is 1. The maximum Gasteiger partial charge on any atom is 0.276 e. The number of amides is 2. The summed E-state index contributed by atoms with van der Waals surface area (Å²) in [5.74, 6) is 0.0474. The molecule has 1 saturated carbocycles. The summed E-state index contributed by atoms with van der Waals surface area (Å²) in [6.45, 7) is 0. The monoisotopic (exact) mass is 373 g/mol. The zero-order valence-corrected chi connectivity index (χ0v) is 15.0. The first-order chi connectivity index (χ1) is 12.6. The largest absolute Gasteiger partial charge is 0.465 e. The molecule has 2 N–H and O–H groups in total. The highest BCUT2D eigenvalue weighted by molar-refractivity contribution is 6.31. The van der Waals surface area contributed by atoms with Crippen molar-refractivity contribution in [2.45, 2.75) is 38.3 Å². The van der Waals surface area contributed by atoms with Crippen LogP contribution >= 0.6 is 11.6 Å². The molecule has 7 heteroatoms. The summed E-state index contributed by atoms with van der Waals surface area (Å²) in [5.41, 5.74) is 3.89. The Balaban J connectivity index is 1.64. The van der Waals surface area contributed by atoms with E-state index in [1.54, 1.807) is 36.6 Å². The number of benzene rings is 1. The number of hydrogen-bond donors (Lipinski definition) is 2. The summed E-state index contributed by atoms with van der Waals surface area (Å²) in [4.78, 5) is 25.8. The summed E-state index contributed by atoms with van der Waals surface area (Å²) >= 11 is 6.05. The fourth-order valence-corrected chi connectivity index (χ4v) is 3.79. The van der Waals surface area contributed by atoms with Gasteiger partial charge in [0.1, 0.15) is 5.76 Å². The van der Waals surface area contributed by atoms with Gasteiger partial charge in [-0.3, -0.25) is 15.0 Å². The summed E-state index contributed by atoms with van der Waals surface area (Å²) in [6.07, 6.45) is 5.90. The van der Waals surface area contributed by atoms with Crippen LogP contribution in [-0.2, 0) is 4.79 Å². The Morgan fingerprint density at radius 2 is 2.04 bits per heavy atom. The van der Waals surface area contributed by atoms with Gasteiger partial charge < -0.3 is 9.73 Å². The molecule has 1 atom stereocenters. The molecule has 6 nitrogen and oxygen atoms in total. The van der Waals surface area contributed by atoms with E-state index in [2.05, 4.69) is 10.7 Å². The van der Waals surface area contributed by atoms with Gasteiger partial charge in [-0.1, -0.05) is 30.9 Å². The second kappa shape index (κ2) is 7.03. The van der Waals surface area contributed by atoms with Crippen molar-refractivity contribution in [3.63, 3.8) is 0 Å². The fraction of sp³-hybridized carbons (Fsp3) is 0.368. The molecule has 2 heterocycles. The van der Waals surface area contributed by atoms with Gasteiger partial charge in [0, 0.05) is 16.6 Å². The Hall–Kier alpha value is -2.47. The third kappa shape index (κ3) is 3.17. The van der Waals surface area contributed by atoms with E-state index in [1.165, 1.54) is 5.01 Å². The van der Waals surface area contributed by atoms with Crippen LogP contribution in [-0.4, -0.2) is 16.8 Å². The first-order valence-corrected chi connectivity index (χ1v) is 9.25. The van der Waals surface area contributed by atoms with Crippen molar-refractivity contribution < 1.29 is 14.0 Å². The second-order valence-corrected chi connectivity index (χ2v) is 7.17. The van der Waals surface area contributed by atoms with Crippen LogP contribution in [0, 0.1) is 5.92 Å². The predicted octanol–water partition coefficient (Wildman–Crippen LogP) is 4.11. The summed E-state index contributed by atoms with van der Waals surface area (Å²) in [6, 6.07) is 8.60. The van der Waals surface area contributed by atoms with Gasteiger partial charge in [0.2, 0.25) is 5.91 Å². The molecule has 4 rings (SSSR count). The maximum absolute atomic E-state index is 13.1. The third-order valence-corrected chi connectivity index (χ3v) is 5.24. The molecule has 26 heavy (non-hydrogen) atoms. The Bertz CT molecular complexity index is 815. The third-order valence-electron chi connectivity index (χ3n) is 5.00. The van der Waals surface area contributed by atoms with Gasteiger partial charge in [-0.2, -0.15) is 0 Å². The maximum atomic E-state index is 13.1. The lowest BCUT2D eigenvalue weighted by Crippen LogP contribution is -2.54. The number of fused-ring (bicyclic) bond motifs is 1. The van der Waals surface area contributed by atoms with Crippen LogP contribution in [0.5, 0.6) is 0 Å². The Kier molecular flexibility index (Phi) is 4.59. The summed E-state index contributed by atoms with van der Waals surface area (Å²) in [5, 5.41) is 5.03. The van der Waals surface area contributed by atoms with E-state index in [4.69, 9.17) is 16.0 Å². The van der Waals surface area contributed by atoms with Crippen LogP contribution in [0.4, 0.5) is 5.69 Å². The molecule has 0 saturated heterocycles. The van der Waals surface area contributed by atoms with Gasteiger partial charge in [-0.05, 0) is 43.2 Å². The van der Waals surface area contributed by atoms with E-state index >= 15 is 0 Å². The van der Waals surface area contributed by atoms with Crippen LogP contribution in [0.25, 0.3) is 0 Å². The molecule has 1 aliphatic heterocycles. The molecular formula is C19H20ClN3O3. The van der Waals surface area contributed by atoms with Crippen LogP contribution < -0.4 is 10.7 Å². The lowest BCUT2D eigenvalue weighted by atomic mass is 9.89. The number of rotatable bonds is 3. The van der Waals surface area contributed by atoms with E-state index in [1.807, 2.05) is 0 Å². The number of nitrogens with zero attached hydrogens (tertiary/aromatic N) is 1. The molecule has 2 aliphatic rings. The smallest absolute Gasteiger partial charge is 0.276 e. The number of carbonyl (C=O) groups is 2. The molecule has 1 aromatic carbocycles. The van der Waals surface area contributed by atoms with Gasteiger partial charge >= 0.3 is 0 Å². The number of nitrogens with one attached hydrogen (secondary N) is 2. The van der Waals surface area contributed by atoms with Crippen LogP contribution in [0.15, 0.2) is 41.0 Å². The molecular weight excluding hydrogens is 354 g/mol. The Morgan fingerprint density at radius 1 is 1.23 bits per heavy atom. The molecule has 2 aromatic rings. The van der Waals surface area contributed by atoms with Crippen molar-refractivity contribution in [3.05, 3.63) is 52.9 Å². The minimum absolute atomic E-state index is 0.0606. The van der Waals surface area contributed by atoms with E-state index in [0.29, 0.717) is 22.0 Å². The number of carbonyl (C=O) groups excluding carboxylic acids is 2. The van der Waals surface area contributed by atoms with Crippen molar-refractivity contribution in [1.82, 2.24) is 10.4 Å². The Morgan fingerprint density at radius 3 is 2.77 bits per heavy atom. The lowest BCUT2D eigenvalue weighted by Gasteiger charge is -2.37. The second-order valence-electron chi connectivity index (χ2n) is 6.74. The highest BCUT2D eigenvalue weighted by atomic mass is 35.5. The summed E-state index contributed by atoms with van der Waals surface area (Å²) < 4.78 is 5.48. The van der Waals surface area contributed by atoms with Crippen molar-refractivity contribution in [2.24, 2.45) is 5.92 Å². The highest BCUT2D eigenvalue weighted by Gasteiger charge is 2.37. The van der Waals surface area contributed by atoms with Gasteiger partial charge in [0.15, 0.2) is 6.17 Å². The number of anilines is 1. The Labute approximate surface area is 156 Å². The van der Waals surface area contributed by atoms with Gasteiger partial charge in [0.25, 0.3) is 5.91 Å². The molecule has 0 radical (unpaired) electrons. The van der Waals surface area contributed by atoms with Crippen molar-refractivity contribution in [3.8, 4) is 0 Å². The van der Waals surface area contributed by atoms with Crippen molar-refractivity contribution in [1.29, 1.82) is 0 Å². The van der Waals surface area contributed by atoms with Crippen molar-refractivity contribution in [2.75, 3.05) is 5.32 Å².